The maximum Gasteiger partial charge on any atom is 0.338 e. The zero-order valence-corrected chi connectivity index (χ0v) is 15.0. The minimum absolute atomic E-state index is 0.0286. The predicted octanol–water partition coefficient (Wildman–Crippen LogP) is -0.822. The Bertz CT molecular complexity index is 596. The molecule has 0 aromatic carbocycles. The molecule has 0 saturated carbocycles. The lowest BCUT2D eigenvalue weighted by atomic mass is 9.96. The van der Waals surface area contributed by atoms with Crippen molar-refractivity contribution < 1.29 is 48.8 Å². The number of hydrogen-bond donors (Lipinski definition) is 3. The molecule has 0 spiro atoms. The third-order valence-electron chi connectivity index (χ3n) is 3.41. The van der Waals surface area contributed by atoms with Crippen LogP contribution in [0, 0.1) is 0 Å². The number of aliphatic hydroxyl groups is 1. The van der Waals surface area contributed by atoms with Crippen molar-refractivity contribution in [3.8, 4) is 0 Å². The first-order valence-electron chi connectivity index (χ1n) is 8.03. The molecule has 0 aromatic rings. The van der Waals surface area contributed by atoms with Crippen molar-refractivity contribution >= 4 is 29.8 Å². The maximum atomic E-state index is 11.7. The lowest BCUT2D eigenvalue weighted by molar-refractivity contribution is -0.174. The highest BCUT2D eigenvalue weighted by Gasteiger charge is 2.42. The van der Waals surface area contributed by atoms with E-state index in [9.17, 15) is 29.1 Å². The topological polar surface area (TPSA) is 168 Å². The maximum absolute atomic E-state index is 11.7. The minimum atomic E-state index is -2.83. The molecule has 0 fully saturated rings. The van der Waals surface area contributed by atoms with Gasteiger partial charge in [0.05, 0.1) is 12.8 Å². The van der Waals surface area contributed by atoms with Crippen LogP contribution in [0.5, 0.6) is 0 Å². The van der Waals surface area contributed by atoms with E-state index in [0.29, 0.717) is 18.7 Å². The second-order valence-electron chi connectivity index (χ2n) is 5.40. The number of carboxylic acid groups (broad SMARTS) is 2. The zero-order chi connectivity index (χ0) is 21.0. The van der Waals surface area contributed by atoms with Crippen molar-refractivity contribution in [1.29, 1.82) is 0 Å². The van der Waals surface area contributed by atoms with Crippen LogP contribution < -0.4 is 0 Å². The molecule has 11 heteroatoms. The largest absolute Gasteiger partial charge is 0.479 e. The van der Waals surface area contributed by atoms with Gasteiger partial charge in [-0.2, -0.15) is 0 Å². The number of rotatable bonds is 12. The molecule has 0 bridgehead atoms. The smallest absolute Gasteiger partial charge is 0.338 e. The van der Waals surface area contributed by atoms with Gasteiger partial charge in [0.2, 0.25) is 0 Å². The van der Waals surface area contributed by atoms with Crippen molar-refractivity contribution in [1.82, 2.24) is 4.90 Å². The summed E-state index contributed by atoms with van der Waals surface area (Å²) in [4.78, 5) is 57.9. The molecule has 0 heterocycles. The number of carbonyl (C=O) groups excluding carboxylic acids is 3. The summed E-state index contributed by atoms with van der Waals surface area (Å²) in [5.74, 6) is -7.20. The molecule has 152 valence electrons. The van der Waals surface area contributed by atoms with Gasteiger partial charge in [-0.05, 0) is 13.1 Å². The average molecular weight is 389 g/mol. The molecule has 0 aromatic heterocycles. The fourth-order valence-electron chi connectivity index (χ4n) is 1.89. The highest BCUT2D eigenvalue weighted by molar-refractivity contribution is 5.97. The van der Waals surface area contributed by atoms with E-state index in [-0.39, 0.29) is 6.61 Å². The van der Waals surface area contributed by atoms with Crippen molar-refractivity contribution in [3.63, 3.8) is 0 Å². The predicted molar refractivity (Wildman–Crippen MR) is 88.4 cm³/mol. The first-order valence-corrected chi connectivity index (χ1v) is 8.03. The number of likely N-dealkylation sites (N-methyl/N-ethyl adjacent to an activating group) is 1. The van der Waals surface area contributed by atoms with E-state index in [1.165, 1.54) is 0 Å². The van der Waals surface area contributed by atoms with Crippen LogP contribution in [0.1, 0.15) is 26.7 Å². The van der Waals surface area contributed by atoms with Crippen LogP contribution in [0.15, 0.2) is 12.2 Å². The van der Waals surface area contributed by atoms with Crippen LogP contribution in [-0.4, -0.2) is 81.9 Å². The second-order valence-corrected chi connectivity index (χ2v) is 5.40. The lowest BCUT2D eigenvalue weighted by Crippen LogP contribution is -2.44. The van der Waals surface area contributed by atoms with Gasteiger partial charge in [0.15, 0.2) is 5.60 Å². The van der Waals surface area contributed by atoms with Gasteiger partial charge in [0, 0.05) is 18.7 Å². The SMILES string of the molecule is CCN(CC)CCOC(=O)CC(O)(CC(=O)OC(=O)/C=C\C(=O)O)C(=O)O. The summed E-state index contributed by atoms with van der Waals surface area (Å²) in [5.41, 5.74) is -2.83. The molecule has 0 radical (unpaired) electrons. The van der Waals surface area contributed by atoms with Crippen molar-refractivity contribution in [2.45, 2.75) is 32.3 Å². The molecule has 0 saturated heterocycles. The Morgan fingerprint density at radius 3 is 2.00 bits per heavy atom. The van der Waals surface area contributed by atoms with Crippen molar-refractivity contribution in [3.05, 3.63) is 12.2 Å². The summed E-state index contributed by atoms with van der Waals surface area (Å²) in [6, 6.07) is 0. The Morgan fingerprint density at radius 1 is 0.963 bits per heavy atom. The fraction of sp³-hybridized carbons (Fsp3) is 0.562. The Balaban J connectivity index is 4.71. The first-order chi connectivity index (χ1) is 12.5. The van der Waals surface area contributed by atoms with E-state index < -0.39 is 48.3 Å². The molecule has 0 aliphatic rings. The summed E-state index contributed by atoms with van der Waals surface area (Å²) in [6.45, 7) is 5.66. The molecule has 0 amide bonds. The zero-order valence-electron chi connectivity index (χ0n) is 15.0. The number of ether oxygens (including phenoxy) is 2. The summed E-state index contributed by atoms with van der Waals surface area (Å²) in [5, 5.41) is 27.4. The van der Waals surface area contributed by atoms with Crippen molar-refractivity contribution in [2.24, 2.45) is 0 Å². The molecule has 11 nitrogen and oxygen atoms in total. The Labute approximate surface area is 155 Å². The van der Waals surface area contributed by atoms with Crippen molar-refractivity contribution in [2.75, 3.05) is 26.2 Å². The summed E-state index contributed by atoms with van der Waals surface area (Å²) >= 11 is 0. The van der Waals surface area contributed by atoms with Gasteiger partial charge < -0.3 is 29.7 Å². The van der Waals surface area contributed by atoms with E-state index in [1.807, 2.05) is 18.7 Å². The third kappa shape index (κ3) is 10.1. The van der Waals surface area contributed by atoms with Crippen LogP contribution in [0.2, 0.25) is 0 Å². The molecule has 0 aliphatic carbocycles. The van der Waals surface area contributed by atoms with Gasteiger partial charge in [-0.25, -0.2) is 14.4 Å². The van der Waals surface area contributed by atoms with Gasteiger partial charge >= 0.3 is 29.8 Å². The van der Waals surface area contributed by atoms with Crippen LogP contribution in [0.25, 0.3) is 0 Å². The number of esters is 3. The number of hydrogen-bond acceptors (Lipinski definition) is 9. The highest BCUT2D eigenvalue weighted by atomic mass is 16.6. The molecular formula is C16H23NO10. The first kappa shape index (κ1) is 24.2. The molecule has 3 N–H and O–H groups in total. The van der Waals surface area contributed by atoms with Crippen LogP contribution in [0.3, 0.4) is 0 Å². The van der Waals surface area contributed by atoms with Crippen LogP contribution in [0.4, 0.5) is 0 Å². The summed E-state index contributed by atoms with van der Waals surface area (Å²) < 4.78 is 9.01. The molecular weight excluding hydrogens is 366 g/mol. The van der Waals surface area contributed by atoms with Gasteiger partial charge in [-0.15, -0.1) is 0 Å². The van der Waals surface area contributed by atoms with E-state index in [4.69, 9.17) is 14.9 Å². The molecule has 1 unspecified atom stereocenters. The Hall–Kier alpha value is -2.79. The number of carboxylic acids is 2. The fourth-order valence-corrected chi connectivity index (χ4v) is 1.89. The monoisotopic (exact) mass is 389 g/mol. The van der Waals surface area contributed by atoms with Crippen LogP contribution in [-0.2, 0) is 33.4 Å². The average Bonchev–Trinajstić information content (AvgIpc) is 2.56. The van der Waals surface area contributed by atoms with Gasteiger partial charge in [0.25, 0.3) is 0 Å². The molecule has 0 rings (SSSR count). The van der Waals surface area contributed by atoms with Gasteiger partial charge in [0.1, 0.15) is 6.61 Å². The summed E-state index contributed by atoms with van der Waals surface area (Å²) in [7, 11) is 0. The number of aliphatic carboxylic acids is 2. The van der Waals surface area contributed by atoms with Gasteiger partial charge in [-0.1, -0.05) is 13.8 Å². The van der Waals surface area contributed by atoms with Crippen LogP contribution >= 0.6 is 0 Å². The van der Waals surface area contributed by atoms with Gasteiger partial charge in [-0.3, -0.25) is 9.59 Å². The number of carbonyl (C=O) groups is 5. The second kappa shape index (κ2) is 11.8. The van der Waals surface area contributed by atoms with E-state index >= 15 is 0 Å². The summed E-state index contributed by atoms with van der Waals surface area (Å²) in [6.07, 6.45) is -1.40. The standard InChI is InChI=1S/C16H23NO10/c1-3-17(4-2)7-8-26-13(21)9-16(25,15(23)24)10-14(22)27-12(20)6-5-11(18)19/h5-6,25H,3-4,7-10H2,1-2H3,(H,18,19)(H,23,24)/b6-5-. The quantitative estimate of drug-likeness (QED) is 0.216. The minimum Gasteiger partial charge on any atom is -0.479 e. The normalized spacial score (nSPS) is 13.2. The molecule has 1 atom stereocenters. The Kier molecular flexibility index (Phi) is 10.5. The molecule has 27 heavy (non-hydrogen) atoms. The lowest BCUT2D eigenvalue weighted by Gasteiger charge is -2.22. The Morgan fingerprint density at radius 2 is 1.52 bits per heavy atom. The number of nitrogens with zero attached hydrogens (tertiary/aromatic N) is 1. The van der Waals surface area contributed by atoms with E-state index in [2.05, 4.69) is 4.74 Å². The molecule has 0 aliphatic heterocycles. The van der Waals surface area contributed by atoms with E-state index in [0.717, 1.165) is 13.1 Å². The highest BCUT2D eigenvalue weighted by Crippen LogP contribution is 2.18. The third-order valence-corrected chi connectivity index (χ3v) is 3.41. The van der Waals surface area contributed by atoms with E-state index in [1.54, 1.807) is 0 Å².